The summed E-state index contributed by atoms with van der Waals surface area (Å²) in [6.07, 6.45) is 5.80. The van der Waals surface area contributed by atoms with Gasteiger partial charge in [0, 0.05) is 36.2 Å². The van der Waals surface area contributed by atoms with Crippen molar-refractivity contribution in [2.24, 2.45) is 5.92 Å². The molecule has 1 saturated carbocycles. The average Bonchev–Trinajstić information content (AvgIpc) is 3.59. The average molecular weight is 377 g/mol. The third-order valence-electron chi connectivity index (χ3n) is 5.93. The molecule has 0 spiro atoms. The number of hydrogen-bond donors (Lipinski definition) is 1. The first kappa shape index (κ1) is 18.9. The van der Waals surface area contributed by atoms with Crippen molar-refractivity contribution in [1.82, 2.24) is 4.90 Å². The highest BCUT2D eigenvalue weighted by Gasteiger charge is 2.30. The normalized spacial score (nSPS) is 19.5. The molecule has 4 rings (SSSR count). The smallest absolute Gasteiger partial charge is 0.254 e. The molecule has 1 heterocycles. The second-order valence-electron chi connectivity index (χ2n) is 7.95. The highest BCUT2D eigenvalue weighted by atomic mass is 16.3. The number of carbonyl (C=O) groups is 2. The Bertz CT molecular complexity index is 835. The quantitative estimate of drug-likeness (QED) is 0.763. The molecule has 4 heteroatoms. The molecule has 1 aliphatic carbocycles. The first-order chi connectivity index (χ1) is 13.7. The highest BCUT2D eigenvalue weighted by molar-refractivity contribution is 5.99. The molecule has 1 saturated heterocycles. The van der Waals surface area contributed by atoms with Gasteiger partial charge in [-0.2, -0.15) is 0 Å². The van der Waals surface area contributed by atoms with Crippen LogP contribution >= 0.6 is 0 Å². The van der Waals surface area contributed by atoms with E-state index in [-0.39, 0.29) is 30.3 Å². The van der Waals surface area contributed by atoms with Crippen LogP contribution < -0.4 is 0 Å². The lowest BCUT2D eigenvalue weighted by molar-refractivity contribution is 0.0574. The Balaban J connectivity index is 1.47. The summed E-state index contributed by atoms with van der Waals surface area (Å²) in [5.74, 6) is 0.544. The zero-order valence-corrected chi connectivity index (χ0v) is 16.1. The number of piperidine rings is 1. The van der Waals surface area contributed by atoms with Gasteiger partial charge in [0.05, 0.1) is 0 Å². The Hall–Kier alpha value is -2.46. The molecular formula is C24H27NO3. The van der Waals surface area contributed by atoms with E-state index in [4.69, 9.17) is 0 Å². The van der Waals surface area contributed by atoms with Gasteiger partial charge in [-0.25, -0.2) is 0 Å². The van der Waals surface area contributed by atoms with Gasteiger partial charge in [0.25, 0.3) is 5.91 Å². The first-order valence-corrected chi connectivity index (χ1v) is 10.3. The topological polar surface area (TPSA) is 57.6 Å². The second-order valence-corrected chi connectivity index (χ2v) is 7.95. The SMILES string of the molecule is O=C(c1ccc(-c2ccc(C(=O)N3CCCC[C@H]3CCO)cc2)cc1)C1CC1. The van der Waals surface area contributed by atoms with Gasteiger partial charge in [0.1, 0.15) is 0 Å². The molecule has 1 atom stereocenters. The van der Waals surface area contributed by atoms with Crippen LogP contribution in [0.5, 0.6) is 0 Å². The minimum absolute atomic E-state index is 0.0510. The summed E-state index contributed by atoms with van der Waals surface area (Å²) >= 11 is 0. The van der Waals surface area contributed by atoms with Crippen LogP contribution in [0.2, 0.25) is 0 Å². The summed E-state index contributed by atoms with van der Waals surface area (Å²) in [7, 11) is 0. The largest absolute Gasteiger partial charge is 0.396 e. The fourth-order valence-corrected chi connectivity index (χ4v) is 4.10. The summed E-state index contributed by atoms with van der Waals surface area (Å²) in [5, 5.41) is 9.28. The van der Waals surface area contributed by atoms with Crippen molar-refractivity contribution in [3.05, 3.63) is 59.7 Å². The highest BCUT2D eigenvalue weighted by Crippen LogP contribution is 2.33. The van der Waals surface area contributed by atoms with Crippen LogP contribution in [0.25, 0.3) is 11.1 Å². The van der Waals surface area contributed by atoms with Gasteiger partial charge < -0.3 is 10.0 Å². The van der Waals surface area contributed by atoms with Crippen LogP contribution in [0.4, 0.5) is 0 Å². The van der Waals surface area contributed by atoms with Crippen LogP contribution in [-0.4, -0.2) is 40.9 Å². The first-order valence-electron chi connectivity index (χ1n) is 10.3. The van der Waals surface area contributed by atoms with Crippen molar-refractivity contribution in [2.45, 2.75) is 44.6 Å². The van der Waals surface area contributed by atoms with Crippen molar-refractivity contribution in [3.8, 4) is 11.1 Å². The van der Waals surface area contributed by atoms with E-state index in [9.17, 15) is 14.7 Å². The van der Waals surface area contributed by atoms with Crippen LogP contribution in [0.1, 0.15) is 59.2 Å². The molecule has 1 aliphatic heterocycles. The van der Waals surface area contributed by atoms with E-state index in [2.05, 4.69) is 0 Å². The lowest BCUT2D eigenvalue weighted by Crippen LogP contribution is -2.44. The molecule has 1 amide bonds. The Labute approximate surface area is 166 Å². The molecule has 0 bridgehead atoms. The lowest BCUT2D eigenvalue weighted by atomic mass is 9.97. The second kappa shape index (κ2) is 8.27. The monoisotopic (exact) mass is 377 g/mol. The Morgan fingerprint density at radius 1 is 0.857 bits per heavy atom. The van der Waals surface area contributed by atoms with E-state index >= 15 is 0 Å². The molecule has 146 valence electrons. The van der Waals surface area contributed by atoms with Gasteiger partial charge in [0.2, 0.25) is 0 Å². The third-order valence-corrected chi connectivity index (χ3v) is 5.93. The molecule has 2 aromatic rings. The lowest BCUT2D eigenvalue weighted by Gasteiger charge is -2.35. The number of hydrogen-bond acceptors (Lipinski definition) is 3. The summed E-state index contributed by atoms with van der Waals surface area (Å²) in [6.45, 7) is 0.883. The van der Waals surface area contributed by atoms with E-state index in [1.165, 1.54) is 0 Å². The Morgan fingerprint density at radius 2 is 1.46 bits per heavy atom. The molecule has 0 unspecified atom stereocenters. The summed E-state index contributed by atoms with van der Waals surface area (Å²) in [6, 6.07) is 15.6. The predicted octanol–water partition coefficient (Wildman–Crippen LogP) is 4.32. The molecule has 2 aromatic carbocycles. The van der Waals surface area contributed by atoms with Crippen molar-refractivity contribution in [1.29, 1.82) is 0 Å². The van der Waals surface area contributed by atoms with E-state index in [1.807, 2.05) is 53.4 Å². The number of aliphatic hydroxyl groups is 1. The zero-order valence-electron chi connectivity index (χ0n) is 16.1. The van der Waals surface area contributed by atoms with Gasteiger partial charge in [-0.3, -0.25) is 9.59 Å². The molecule has 2 fully saturated rings. The minimum atomic E-state index is 0.0510. The van der Waals surface area contributed by atoms with Crippen LogP contribution in [0.3, 0.4) is 0 Å². The maximum atomic E-state index is 12.9. The van der Waals surface area contributed by atoms with Crippen LogP contribution in [-0.2, 0) is 0 Å². The molecular weight excluding hydrogens is 350 g/mol. The molecule has 28 heavy (non-hydrogen) atoms. The number of aliphatic hydroxyl groups excluding tert-OH is 1. The van der Waals surface area contributed by atoms with Crippen molar-refractivity contribution >= 4 is 11.7 Å². The van der Waals surface area contributed by atoms with E-state index in [0.717, 1.165) is 55.3 Å². The van der Waals surface area contributed by atoms with Gasteiger partial charge in [0.15, 0.2) is 5.78 Å². The van der Waals surface area contributed by atoms with Crippen LogP contribution in [0, 0.1) is 5.92 Å². The summed E-state index contributed by atoms with van der Waals surface area (Å²) < 4.78 is 0. The van der Waals surface area contributed by atoms with Crippen molar-refractivity contribution in [3.63, 3.8) is 0 Å². The van der Waals surface area contributed by atoms with Gasteiger partial charge in [-0.1, -0.05) is 36.4 Å². The number of benzene rings is 2. The molecule has 1 N–H and O–H groups in total. The summed E-state index contributed by atoms with van der Waals surface area (Å²) in [5.41, 5.74) is 3.56. The van der Waals surface area contributed by atoms with Crippen LogP contribution in [0.15, 0.2) is 48.5 Å². The summed E-state index contributed by atoms with van der Waals surface area (Å²) in [4.78, 5) is 27.0. The number of ketones is 1. The van der Waals surface area contributed by atoms with Crippen molar-refractivity contribution in [2.75, 3.05) is 13.2 Å². The Morgan fingerprint density at radius 3 is 2.04 bits per heavy atom. The van der Waals surface area contributed by atoms with E-state index in [0.29, 0.717) is 12.0 Å². The third kappa shape index (κ3) is 4.02. The number of rotatable bonds is 6. The number of carbonyl (C=O) groups excluding carboxylic acids is 2. The molecule has 4 nitrogen and oxygen atoms in total. The maximum Gasteiger partial charge on any atom is 0.254 e. The predicted molar refractivity (Wildman–Crippen MR) is 109 cm³/mol. The standard InChI is InChI=1S/C24H27NO3/c26-16-14-22-3-1-2-15-25(22)24(28)21-12-6-18(7-13-21)17-4-8-19(9-5-17)23(27)20-10-11-20/h4-9,12-13,20,22,26H,1-3,10-11,14-16H2/t22-/m0/s1. The number of likely N-dealkylation sites (tertiary alicyclic amines) is 1. The van der Waals surface area contributed by atoms with Gasteiger partial charge >= 0.3 is 0 Å². The molecule has 0 radical (unpaired) electrons. The fraction of sp³-hybridized carbons (Fsp3) is 0.417. The fourth-order valence-electron chi connectivity index (χ4n) is 4.10. The Kier molecular flexibility index (Phi) is 5.58. The zero-order chi connectivity index (χ0) is 19.5. The minimum Gasteiger partial charge on any atom is -0.396 e. The van der Waals surface area contributed by atoms with Gasteiger partial charge in [-0.05, 0) is 61.8 Å². The maximum absolute atomic E-state index is 12.9. The van der Waals surface area contributed by atoms with Gasteiger partial charge in [-0.15, -0.1) is 0 Å². The van der Waals surface area contributed by atoms with E-state index < -0.39 is 0 Å². The number of nitrogens with zero attached hydrogens (tertiary/aromatic N) is 1. The number of amides is 1. The van der Waals surface area contributed by atoms with Crippen molar-refractivity contribution < 1.29 is 14.7 Å². The van der Waals surface area contributed by atoms with E-state index in [1.54, 1.807) is 0 Å². The molecule has 2 aliphatic rings. The number of Topliss-reactive ketones (excluding diaryl/α,β-unsaturated/α-hetero) is 1. The molecule has 0 aromatic heterocycles.